The van der Waals surface area contributed by atoms with Crippen LogP contribution in [0.4, 0.5) is 0 Å². The molecule has 0 saturated carbocycles. The van der Waals surface area contributed by atoms with Gasteiger partial charge >= 0.3 is 0 Å². The Morgan fingerprint density at radius 1 is 0.424 bits per heavy atom. The van der Waals surface area contributed by atoms with Crippen molar-refractivity contribution in [1.29, 1.82) is 0 Å². The molecule has 0 bridgehead atoms. The molecular weight excluding hydrogens is 755 g/mol. The van der Waals surface area contributed by atoms with Crippen LogP contribution in [0.5, 0.6) is 0 Å². The largest absolute Gasteiger partial charge is 0.391 e. The van der Waals surface area contributed by atoms with E-state index in [2.05, 4.69) is 37.2 Å². The Kier molecular flexibility index (Phi) is 15.8. The number of rotatable bonds is 9. The molecule has 59 heavy (non-hydrogen) atoms. The van der Waals surface area contributed by atoms with Crippen LogP contribution < -0.4 is 37.2 Å². The highest BCUT2D eigenvalue weighted by Gasteiger charge is 2.33. The molecule has 0 radical (unpaired) electrons. The van der Waals surface area contributed by atoms with Crippen LogP contribution in [0.2, 0.25) is 0 Å². The Labute approximate surface area is 342 Å². The Morgan fingerprint density at radius 3 is 1.05 bits per heavy atom. The van der Waals surface area contributed by atoms with E-state index in [1.54, 1.807) is 121 Å². The number of aliphatic hydroxyl groups excluding tert-OH is 1. The van der Waals surface area contributed by atoms with E-state index >= 15 is 0 Å². The van der Waals surface area contributed by atoms with Gasteiger partial charge in [0.25, 0.3) is 0 Å². The molecule has 5 rings (SSSR count). The number of hydrogen-bond donors (Lipinski definition) is 8. The summed E-state index contributed by atoms with van der Waals surface area (Å²) in [6, 6.07) is 28.9. The summed E-state index contributed by atoms with van der Waals surface area (Å²) in [7, 11) is 0. The molecule has 4 aromatic rings. The molecule has 1 aliphatic heterocycles. The van der Waals surface area contributed by atoms with E-state index in [1.165, 1.54) is 6.92 Å². The maximum Gasteiger partial charge on any atom is 0.245 e. The molecular formula is C44H49N7O8. The summed E-state index contributed by atoms with van der Waals surface area (Å²) in [6.07, 6.45) is -1.39. The first-order valence-corrected chi connectivity index (χ1v) is 19.3. The first-order chi connectivity index (χ1) is 28.4. The van der Waals surface area contributed by atoms with Crippen LogP contribution in [0, 0.1) is 0 Å². The van der Waals surface area contributed by atoms with Gasteiger partial charge in [-0.1, -0.05) is 121 Å². The molecule has 1 fully saturated rings. The van der Waals surface area contributed by atoms with Gasteiger partial charge in [-0.05, 0) is 29.2 Å². The van der Waals surface area contributed by atoms with E-state index in [9.17, 15) is 38.7 Å². The Hall–Kier alpha value is -6.87. The fourth-order valence-corrected chi connectivity index (χ4v) is 6.50. The highest BCUT2D eigenvalue weighted by molar-refractivity contribution is 5.97. The lowest BCUT2D eigenvalue weighted by Gasteiger charge is -2.26. The second-order valence-electron chi connectivity index (χ2n) is 14.3. The van der Waals surface area contributed by atoms with Crippen LogP contribution >= 0.6 is 0 Å². The Bertz CT molecular complexity index is 2050. The van der Waals surface area contributed by atoms with Crippen molar-refractivity contribution in [2.24, 2.45) is 0 Å². The van der Waals surface area contributed by atoms with Gasteiger partial charge in [0.2, 0.25) is 41.4 Å². The van der Waals surface area contributed by atoms with E-state index in [1.807, 2.05) is 0 Å². The van der Waals surface area contributed by atoms with Crippen LogP contribution in [0.3, 0.4) is 0 Å². The summed E-state index contributed by atoms with van der Waals surface area (Å²) in [5.41, 5.74) is 2.75. The zero-order chi connectivity index (χ0) is 42.1. The van der Waals surface area contributed by atoms with E-state index in [0.29, 0.717) is 22.3 Å². The molecule has 0 aliphatic carbocycles. The summed E-state index contributed by atoms with van der Waals surface area (Å²) in [6.45, 7) is 0.0771. The topological polar surface area (TPSA) is 224 Å². The maximum absolute atomic E-state index is 14.1. The standard InChI is InChI=1S/C44H49N7O8/c1-28(52)39-44(59)50-36(25-32-20-12-5-13-21-32)43(58)49-34(23-30-16-8-3-9-17-30)40(55)45-26-37(53)47-35(24-31-18-10-4-11-19-31)42(57)48-33(22-29-14-6-2-7-15-29)41(56)46-27-38(54)51-39/h2-21,28,33-36,39,52H,22-27H2,1H3,(H,45,55)(H,46,56)(H,47,53)(H,48,57)(H,49,58)(H,50,59)(H,51,54). The molecule has 0 spiro atoms. The Morgan fingerprint density at radius 2 is 0.712 bits per heavy atom. The third-order valence-electron chi connectivity index (χ3n) is 9.61. The fraction of sp³-hybridized carbons (Fsp3) is 0.295. The summed E-state index contributed by atoms with van der Waals surface area (Å²) in [5.74, 6) is -5.36. The van der Waals surface area contributed by atoms with Gasteiger partial charge < -0.3 is 42.3 Å². The van der Waals surface area contributed by atoms with Crippen molar-refractivity contribution in [3.63, 3.8) is 0 Å². The number of amides is 7. The van der Waals surface area contributed by atoms with Crippen LogP contribution in [0.15, 0.2) is 121 Å². The van der Waals surface area contributed by atoms with Gasteiger partial charge in [-0.15, -0.1) is 0 Å². The van der Waals surface area contributed by atoms with Gasteiger partial charge in [-0.25, -0.2) is 0 Å². The van der Waals surface area contributed by atoms with Gasteiger partial charge in [0.1, 0.15) is 30.2 Å². The van der Waals surface area contributed by atoms with Gasteiger partial charge in [0.05, 0.1) is 19.2 Å². The lowest BCUT2D eigenvalue weighted by molar-refractivity contribution is -0.135. The van der Waals surface area contributed by atoms with Crippen LogP contribution in [0.25, 0.3) is 0 Å². The van der Waals surface area contributed by atoms with Crippen molar-refractivity contribution in [2.75, 3.05) is 13.1 Å². The first kappa shape index (κ1) is 43.3. The van der Waals surface area contributed by atoms with Crippen molar-refractivity contribution < 1.29 is 38.7 Å². The van der Waals surface area contributed by atoms with Gasteiger partial charge in [0.15, 0.2) is 0 Å². The molecule has 1 saturated heterocycles. The molecule has 15 nitrogen and oxygen atoms in total. The minimum atomic E-state index is -1.56. The van der Waals surface area contributed by atoms with Crippen molar-refractivity contribution in [3.05, 3.63) is 144 Å². The monoisotopic (exact) mass is 803 g/mol. The SMILES string of the molecule is CC(O)C1NC(=O)CNC(=O)C(Cc2ccccc2)NC(=O)C(Cc2ccccc2)NC(=O)CNC(=O)C(Cc2ccccc2)NC(=O)C(Cc2ccccc2)NC1=O. The number of carbonyl (C=O) groups excluding carboxylic acids is 7. The van der Waals surface area contributed by atoms with Gasteiger partial charge in [-0.2, -0.15) is 0 Å². The summed E-state index contributed by atoms with van der Waals surface area (Å²) >= 11 is 0. The minimum absolute atomic E-state index is 0.0151. The zero-order valence-electron chi connectivity index (χ0n) is 32.6. The smallest absolute Gasteiger partial charge is 0.245 e. The lowest BCUT2D eigenvalue weighted by atomic mass is 10.0. The molecule has 0 aromatic heterocycles. The van der Waals surface area contributed by atoms with Crippen LogP contribution in [0.1, 0.15) is 29.2 Å². The number of benzene rings is 4. The summed E-state index contributed by atoms with van der Waals surface area (Å²) in [4.78, 5) is 96.0. The molecule has 1 aliphatic rings. The molecule has 7 amide bonds. The second-order valence-corrected chi connectivity index (χ2v) is 14.3. The molecule has 308 valence electrons. The number of carbonyl (C=O) groups is 7. The molecule has 8 N–H and O–H groups in total. The second kappa shape index (κ2) is 21.6. The quantitative estimate of drug-likeness (QED) is 0.115. The summed E-state index contributed by atoms with van der Waals surface area (Å²) in [5, 5.41) is 28.9. The highest BCUT2D eigenvalue weighted by Crippen LogP contribution is 2.10. The number of aliphatic hydroxyl groups is 1. The average molecular weight is 804 g/mol. The van der Waals surface area contributed by atoms with E-state index in [0.717, 1.165) is 0 Å². The van der Waals surface area contributed by atoms with Gasteiger partial charge in [0, 0.05) is 25.7 Å². The predicted octanol–water partition coefficient (Wildman–Crippen LogP) is 0.00800. The highest BCUT2D eigenvalue weighted by atomic mass is 16.3. The van der Waals surface area contributed by atoms with E-state index in [-0.39, 0.29) is 25.7 Å². The van der Waals surface area contributed by atoms with Crippen LogP contribution in [-0.4, -0.2) is 95.9 Å². The van der Waals surface area contributed by atoms with Crippen molar-refractivity contribution in [1.82, 2.24) is 37.2 Å². The lowest BCUT2D eigenvalue weighted by Crippen LogP contribution is -2.60. The van der Waals surface area contributed by atoms with Crippen molar-refractivity contribution in [3.8, 4) is 0 Å². The summed E-state index contributed by atoms with van der Waals surface area (Å²) < 4.78 is 0. The normalized spacial score (nSPS) is 22.1. The number of nitrogens with one attached hydrogen (secondary N) is 7. The minimum Gasteiger partial charge on any atom is -0.391 e. The number of hydrogen-bond acceptors (Lipinski definition) is 8. The average Bonchev–Trinajstić information content (AvgIpc) is 3.23. The molecule has 4 aromatic carbocycles. The van der Waals surface area contributed by atoms with Crippen LogP contribution in [-0.2, 0) is 59.2 Å². The molecule has 15 heteroatoms. The Balaban J connectivity index is 1.48. The van der Waals surface area contributed by atoms with Crippen molar-refractivity contribution in [2.45, 2.75) is 68.9 Å². The predicted molar refractivity (Wildman–Crippen MR) is 218 cm³/mol. The third kappa shape index (κ3) is 13.6. The third-order valence-corrected chi connectivity index (χ3v) is 9.61. The van der Waals surface area contributed by atoms with E-state index < -0.39 is 90.8 Å². The van der Waals surface area contributed by atoms with E-state index in [4.69, 9.17) is 0 Å². The molecule has 1 heterocycles. The molecule has 6 unspecified atom stereocenters. The molecule has 6 atom stereocenters. The zero-order valence-corrected chi connectivity index (χ0v) is 32.6. The van der Waals surface area contributed by atoms with Crippen molar-refractivity contribution >= 4 is 41.4 Å². The first-order valence-electron chi connectivity index (χ1n) is 19.3. The fourth-order valence-electron chi connectivity index (χ4n) is 6.50. The maximum atomic E-state index is 14.1. The van der Waals surface area contributed by atoms with Gasteiger partial charge in [-0.3, -0.25) is 33.6 Å².